The standard InChI is InChI=1S/C16H17BrClN/c1-11(2)13-4-3-5-14(9-13)19-10-12-6-7-16(18)15(17)8-12/h3-9,11,19H,10H2,1-2H3. The molecular weight excluding hydrogens is 322 g/mol. The SMILES string of the molecule is CC(C)c1cccc(NCc2ccc(Cl)c(Br)c2)c1. The lowest BCUT2D eigenvalue weighted by atomic mass is 10.0. The molecule has 0 bridgehead atoms. The molecular formula is C16H17BrClN. The second-order valence-electron chi connectivity index (χ2n) is 4.88. The van der Waals surface area contributed by atoms with E-state index in [1.165, 1.54) is 11.1 Å². The fourth-order valence-corrected chi connectivity index (χ4v) is 2.41. The molecule has 0 heterocycles. The zero-order valence-electron chi connectivity index (χ0n) is 11.1. The minimum absolute atomic E-state index is 0.548. The van der Waals surface area contributed by atoms with Gasteiger partial charge in [-0.1, -0.05) is 43.6 Å². The molecule has 0 aliphatic rings. The Morgan fingerprint density at radius 1 is 1.16 bits per heavy atom. The molecule has 0 radical (unpaired) electrons. The molecule has 100 valence electrons. The molecule has 0 saturated carbocycles. The van der Waals surface area contributed by atoms with Gasteiger partial charge in [0.15, 0.2) is 0 Å². The Balaban J connectivity index is 2.05. The maximum Gasteiger partial charge on any atom is 0.0548 e. The number of nitrogens with one attached hydrogen (secondary N) is 1. The molecule has 0 atom stereocenters. The van der Waals surface area contributed by atoms with Gasteiger partial charge in [-0.05, 0) is 57.2 Å². The van der Waals surface area contributed by atoms with Crippen LogP contribution < -0.4 is 5.32 Å². The van der Waals surface area contributed by atoms with Crippen molar-refractivity contribution in [1.82, 2.24) is 0 Å². The molecule has 3 heteroatoms. The van der Waals surface area contributed by atoms with Gasteiger partial charge < -0.3 is 5.32 Å². The van der Waals surface area contributed by atoms with Crippen molar-refractivity contribution in [2.24, 2.45) is 0 Å². The highest BCUT2D eigenvalue weighted by Crippen LogP contribution is 2.24. The topological polar surface area (TPSA) is 12.0 Å². The van der Waals surface area contributed by atoms with Crippen molar-refractivity contribution in [2.45, 2.75) is 26.3 Å². The maximum atomic E-state index is 5.99. The van der Waals surface area contributed by atoms with E-state index in [0.29, 0.717) is 5.92 Å². The third-order valence-electron chi connectivity index (χ3n) is 3.03. The molecule has 0 spiro atoms. The molecule has 1 nitrogen and oxygen atoms in total. The molecule has 0 amide bonds. The predicted octanol–water partition coefficient (Wildman–Crippen LogP) is 5.84. The van der Waals surface area contributed by atoms with E-state index in [0.717, 1.165) is 21.7 Å². The lowest BCUT2D eigenvalue weighted by Crippen LogP contribution is -2.00. The maximum absolute atomic E-state index is 5.99. The average Bonchev–Trinajstić information content (AvgIpc) is 2.40. The Morgan fingerprint density at radius 3 is 2.63 bits per heavy atom. The van der Waals surface area contributed by atoms with Gasteiger partial charge in [-0.2, -0.15) is 0 Å². The molecule has 0 aliphatic carbocycles. The van der Waals surface area contributed by atoms with Crippen molar-refractivity contribution in [1.29, 1.82) is 0 Å². The second-order valence-corrected chi connectivity index (χ2v) is 6.14. The van der Waals surface area contributed by atoms with Crippen molar-refractivity contribution in [3.8, 4) is 0 Å². The first kappa shape index (κ1) is 14.4. The summed E-state index contributed by atoms with van der Waals surface area (Å²) in [5, 5.41) is 4.18. The summed E-state index contributed by atoms with van der Waals surface area (Å²) in [7, 11) is 0. The number of benzene rings is 2. The van der Waals surface area contributed by atoms with Gasteiger partial charge in [0.2, 0.25) is 0 Å². The summed E-state index contributed by atoms with van der Waals surface area (Å²) in [6, 6.07) is 14.5. The van der Waals surface area contributed by atoms with E-state index in [1.807, 2.05) is 18.2 Å². The number of anilines is 1. The molecule has 0 fully saturated rings. The fraction of sp³-hybridized carbons (Fsp3) is 0.250. The zero-order chi connectivity index (χ0) is 13.8. The first-order valence-corrected chi connectivity index (χ1v) is 7.51. The van der Waals surface area contributed by atoms with Gasteiger partial charge in [0.25, 0.3) is 0 Å². The van der Waals surface area contributed by atoms with E-state index in [9.17, 15) is 0 Å². The second kappa shape index (κ2) is 6.44. The number of hydrogen-bond donors (Lipinski definition) is 1. The Hall–Kier alpha value is -0.990. The van der Waals surface area contributed by atoms with Crippen LogP contribution in [-0.2, 0) is 6.54 Å². The third-order valence-corrected chi connectivity index (χ3v) is 4.25. The van der Waals surface area contributed by atoms with Crippen LogP contribution in [-0.4, -0.2) is 0 Å². The summed E-state index contributed by atoms with van der Waals surface area (Å²) in [4.78, 5) is 0. The van der Waals surface area contributed by atoms with Crippen LogP contribution in [0.3, 0.4) is 0 Å². The molecule has 0 saturated heterocycles. The normalized spacial score (nSPS) is 10.8. The largest absolute Gasteiger partial charge is 0.381 e. The number of halogens is 2. The lowest BCUT2D eigenvalue weighted by molar-refractivity contribution is 0.866. The molecule has 2 rings (SSSR count). The van der Waals surface area contributed by atoms with Crippen LogP contribution in [0.4, 0.5) is 5.69 Å². The quantitative estimate of drug-likeness (QED) is 0.738. The predicted molar refractivity (Wildman–Crippen MR) is 87.0 cm³/mol. The fourth-order valence-electron chi connectivity index (χ4n) is 1.86. The number of rotatable bonds is 4. The van der Waals surface area contributed by atoms with Crippen molar-refractivity contribution >= 4 is 33.2 Å². The Morgan fingerprint density at radius 2 is 1.95 bits per heavy atom. The van der Waals surface area contributed by atoms with E-state index in [-0.39, 0.29) is 0 Å². The summed E-state index contributed by atoms with van der Waals surface area (Å²) < 4.78 is 0.935. The molecule has 0 aliphatic heterocycles. The highest BCUT2D eigenvalue weighted by atomic mass is 79.9. The Labute approximate surface area is 128 Å². The number of hydrogen-bond acceptors (Lipinski definition) is 1. The molecule has 0 unspecified atom stereocenters. The molecule has 1 N–H and O–H groups in total. The van der Waals surface area contributed by atoms with Gasteiger partial charge in [-0.25, -0.2) is 0 Å². The summed E-state index contributed by atoms with van der Waals surface area (Å²) in [6.45, 7) is 5.20. The molecule has 0 aromatic heterocycles. The van der Waals surface area contributed by atoms with E-state index in [4.69, 9.17) is 11.6 Å². The van der Waals surface area contributed by atoms with Gasteiger partial charge in [0, 0.05) is 16.7 Å². The van der Waals surface area contributed by atoms with Crippen molar-refractivity contribution < 1.29 is 0 Å². The van der Waals surface area contributed by atoms with Crippen LogP contribution in [0.5, 0.6) is 0 Å². The smallest absolute Gasteiger partial charge is 0.0548 e. The van der Waals surface area contributed by atoms with Crippen LogP contribution in [0.25, 0.3) is 0 Å². The van der Waals surface area contributed by atoms with Crippen molar-refractivity contribution in [3.05, 3.63) is 63.1 Å². The Kier molecular flexibility index (Phi) is 4.89. The monoisotopic (exact) mass is 337 g/mol. The molecule has 2 aromatic carbocycles. The van der Waals surface area contributed by atoms with Crippen LogP contribution in [0.1, 0.15) is 30.9 Å². The van der Waals surface area contributed by atoms with Gasteiger partial charge >= 0.3 is 0 Å². The lowest BCUT2D eigenvalue weighted by Gasteiger charge is -2.11. The minimum Gasteiger partial charge on any atom is -0.381 e. The van der Waals surface area contributed by atoms with Gasteiger partial charge in [-0.3, -0.25) is 0 Å². The van der Waals surface area contributed by atoms with Crippen LogP contribution >= 0.6 is 27.5 Å². The third kappa shape index (κ3) is 3.99. The summed E-state index contributed by atoms with van der Waals surface area (Å²) in [5.41, 5.74) is 3.70. The first-order valence-electron chi connectivity index (χ1n) is 6.34. The summed E-state index contributed by atoms with van der Waals surface area (Å²) in [6.07, 6.45) is 0. The van der Waals surface area contributed by atoms with Crippen molar-refractivity contribution in [3.63, 3.8) is 0 Å². The zero-order valence-corrected chi connectivity index (χ0v) is 13.4. The van der Waals surface area contributed by atoms with Crippen molar-refractivity contribution in [2.75, 3.05) is 5.32 Å². The molecule has 19 heavy (non-hydrogen) atoms. The molecule has 2 aromatic rings. The first-order chi connectivity index (χ1) is 9.06. The van der Waals surface area contributed by atoms with E-state index < -0.39 is 0 Å². The summed E-state index contributed by atoms with van der Waals surface area (Å²) >= 11 is 9.43. The van der Waals surface area contributed by atoms with Gasteiger partial charge in [0.1, 0.15) is 0 Å². The van der Waals surface area contributed by atoms with Gasteiger partial charge in [-0.15, -0.1) is 0 Å². The highest BCUT2D eigenvalue weighted by Gasteiger charge is 2.02. The minimum atomic E-state index is 0.548. The van der Waals surface area contributed by atoms with E-state index >= 15 is 0 Å². The highest BCUT2D eigenvalue weighted by molar-refractivity contribution is 9.10. The average molecular weight is 339 g/mol. The Bertz CT molecular complexity index is 566. The summed E-state index contributed by atoms with van der Waals surface area (Å²) in [5.74, 6) is 0.548. The van der Waals surface area contributed by atoms with E-state index in [1.54, 1.807) is 0 Å². The van der Waals surface area contributed by atoms with Gasteiger partial charge in [0.05, 0.1) is 5.02 Å². The van der Waals surface area contributed by atoms with Crippen LogP contribution in [0.15, 0.2) is 46.9 Å². The van der Waals surface area contributed by atoms with Crippen LogP contribution in [0.2, 0.25) is 5.02 Å². The van der Waals surface area contributed by atoms with Crippen LogP contribution in [0, 0.1) is 0 Å². The van der Waals surface area contributed by atoms with E-state index in [2.05, 4.69) is 59.4 Å².